The van der Waals surface area contributed by atoms with Gasteiger partial charge in [0.2, 0.25) is 0 Å². The molecule has 0 bridgehead atoms. The number of amides is 1. The van der Waals surface area contributed by atoms with Crippen LogP contribution >= 0.6 is 34.8 Å². The SMILES string of the molecule is O=C1C(=O)N(CCCCl)c2c(Cl)ccc(Cl)c21. The van der Waals surface area contributed by atoms with Crippen molar-refractivity contribution in [1.82, 2.24) is 0 Å². The van der Waals surface area contributed by atoms with Crippen molar-refractivity contribution in [3.63, 3.8) is 0 Å². The van der Waals surface area contributed by atoms with Crippen LogP contribution in [0.1, 0.15) is 16.8 Å². The molecule has 2 rings (SSSR count). The van der Waals surface area contributed by atoms with E-state index in [1.54, 1.807) is 6.07 Å². The fourth-order valence-corrected chi connectivity index (χ4v) is 2.40. The van der Waals surface area contributed by atoms with Gasteiger partial charge in [0, 0.05) is 12.4 Å². The highest BCUT2D eigenvalue weighted by molar-refractivity contribution is 6.57. The Morgan fingerprint density at radius 2 is 1.76 bits per heavy atom. The maximum Gasteiger partial charge on any atom is 0.299 e. The molecule has 0 radical (unpaired) electrons. The first-order valence-corrected chi connectivity index (χ1v) is 6.27. The molecule has 6 heteroatoms. The zero-order valence-electron chi connectivity index (χ0n) is 8.67. The average molecular weight is 293 g/mol. The van der Waals surface area contributed by atoms with E-state index >= 15 is 0 Å². The molecule has 1 amide bonds. The van der Waals surface area contributed by atoms with E-state index in [-0.39, 0.29) is 10.6 Å². The van der Waals surface area contributed by atoms with Gasteiger partial charge in [0.1, 0.15) is 0 Å². The molecular formula is C11H8Cl3NO2. The van der Waals surface area contributed by atoms with E-state index in [2.05, 4.69) is 0 Å². The lowest BCUT2D eigenvalue weighted by molar-refractivity contribution is -0.114. The number of halogens is 3. The summed E-state index contributed by atoms with van der Waals surface area (Å²) in [6.45, 7) is 0.362. The summed E-state index contributed by atoms with van der Waals surface area (Å²) in [4.78, 5) is 24.9. The second-order valence-electron chi connectivity index (χ2n) is 3.58. The van der Waals surface area contributed by atoms with Crippen LogP contribution in [-0.2, 0) is 4.79 Å². The van der Waals surface area contributed by atoms with E-state index in [9.17, 15) is 9.59 Å². The Morgan fingerprint density at radius 1 is 1.12 bits per heavy atom. The van der Waals surface area contributed by atoms with E-state index in [4.69, 9.17) is 34.8 Å². The van der Waals surface area contributed by atoms with E-state index in [1.165, 1.54) is 11.0 Å². The topological polar surface area (TPSA) is 37.4 Å². The molecule has 1 heterocycles. The van der Waals surface area contributed by atoms with Crippen LogP contribution in [0.25, 0.3) is 0 Å². The van der Waals surface area contributed by atoms with Gasteiger partial charge >= 0.3 is 0 Å². The minimum absolute atomic E-state index is 0.193. The Morgan fingerprint density at radius 3 is 2.41 bits per heavy atom. The van der Waals surface area contributed by atoms with Gasteiger partial charge in [-0.1, -0.05) is 23.2 Å². The summed E-state index contributed by atoms with van der Waals surface area (Å²) in [5, 5.41) is 0.592. The molecular weight excluding hydrogens is 284 g/mol. The Balaban J connectivity index is 2.52. The molecule has 0 saturated heterocycles. The van der Waals surface area contributed by atoms with Crippen molar-refractivity contribution in [2.24, 2.45) is 0 Å². The molecule has 0 fully saturated rings. The molecule has 1 aromatic carbocycles. The standard InChI is InChI=1S/C11H8Cl3NO2/c12-4-1-5-15-9-7(14)3-2-6(13)8(9)10(16)11(15)17/h2-3H,1,4-5H2. The lowest BCUT2D eigenvalue weighted by Crippen LogP contribution is -2.31. The predicted molar refractivity (Wildman–Crippen MR) is 68.5 cm³/mol. The number of Topliss-reactive ketones (excluding diaryl/α,β-unsaturated/α-hetero) is 1. The van der Waals surface area contributed by atoms with Gasteiger partial charge in [0.15, 0.2) is 0 Å². The lowest BCUT2D eigenvalue weighted by Gasteiger charge is -2.16. The van der Waals surface area contributed by atoms with Gasteiger partial charge in [-0.25, -0.2) is 0 Å². The van der Waals surface area contributed by atoms with Crippen LogP contribution in [0.3, 0.4) is 0 Å². The predicted octanol–water partition coefficient (Wildman–Crippen LogP) is 3.15. The van der Waals surface area contributed by atoms with Gasteiger partial charge in [-0.2, -0.15) is 0 Å². The van der Waals surface area contributed by atoms with Crippen LogP contribution in [0.15, 0.2) is 12.1 Å². The van der Waals surface area contributed by atoms with Crippen LogP contribution in [0, 0.1) is 0 Å². The monoisotopic (exact) mass is 291 g/mol. The zero-order chi connectivity index (χ0) is 12.6. The van der Waals surface area contributed by atoms with Crippen molar-refractivity contribution < 1.29 is 9.59 Å². The highest BCUT2D eigenvalue weighted by Crippen LogP contribution is 2.39. The van der Waals surface area contributed by atoms with Crippen molar-refractivity contribution in [3.05, 3.63) is 27.7 Å². The third kappa shape index (κ3) is 2.03. The van der Waals surface area contributed by atoms with Gasteiger partial charge in [0.05, 0.1) is 21.3 Å². The lowest BCUT2D eigenvalue weighted by atomic mass is 10.1. The third-order valence-corrected chi connectivity index (χ3v) is 3.42. The number of ketones is 1. The molecule has 0 spiro atoms. The molecule has 0 N–H and O–H groups in total. The maximum atomic E-state index is 11.8. The number of hydrogen-bond acceptors (Lipinski definition) is 2. The maximum absolute atomic E-state index is 11.8. The van der Waals surface area contributed by atoms with E-state index < -0.39 is 11.7 Å². The van der Waals surface area contributed by atoms with E-state index in [1.807, 2.05) is 0 Å². The highest BCUT2D eigenvalue weighted by atomic mass is 35.5. The van der Waals surface area contributed by atoms with Crippen LogP contribution < -0.4 is 4.90 Å². The average Bonchev–Trinajstić information content (AvgIpc) is 2.56. The van der Waals surface area contributed by atoms with Gasteiger partial charge in [-0.05, 0) is 18.6 Å². The molecule has 1 aliphatic heterocycles. The molecule has 90 valence electrons. The number of benzene rings is 1. The molecule has 0 aliphatic carbocycles. The number of nitrogens with zero attached hydrogens (tertiary/aromatic N) is 1. The molecule has 0 saturated carbocycles. The summed E-state index contributed by atoms with van der Waals surface area (Å²) in [6.07, 6.45) is 0.586. The normalized spacial score (nSPS) is 14.4. The fraction of sp³-hybridized carbons (Fsp3) is 0.273. The van der Waals surface area contributed by atoms with Gasteiger partial charge in [0.25, 0.3) is 11.7 Å². The number of alkyl halides is 1. The molecule has 0 atom stereocenters. The third-order valence-electron chi connectivity index (χ3n) is 2.53. The smallest absolute Gasteiger partial charge is 0.299 e. The number of anilines is 1. The second-order valence-corrected chi connectivity index (χ2v) is 4.77. The Bertz CT molecular complexity index is 502. The fourth-order valence-electron chi connectivity index (χ4n) is 1.78. The van der Waals surface area contributed by atoms with Gasteiger partial charge in [-0.3, -0.25) is 9.59 Å². The van der Waals surface area contributed by atoms with Gasteiger partial charge in [-0.15, -0.1) is 11.6 Å². The van der Waals surface area contributed by atoms with Crippen molar-refractivity contribution in [3.8, 4) is 0 Å². The summed E-state index contributed by atoms with van der Waals surface area (Å²) in [5.41, 5.74) is 0.595. The quantitative estimate of drug-likeness (QED) is 0.634. The largest absolute Gasteiger partial charge is 0.303 e. The molecule has 0 aromatic heterocycles. The Kier molecular flexibility index (Phi) is 3.61. The number of rotatable bonds is 3. The molecule has 1 aliphatic rings. The molecule has 17 heavy (non-hydrogen) atoms. The van der Waals surface area contributed by atoms with E-state index in [0.717, 1.165) is 0 Å². The van der Waals surface area contributed by atoms with E-state index in [0.29, 0.717) is 29.6 Å². The first-order chi connectivity index (χ1) is 8.07. The van der Waals surface area contributed by atoms with Crippen LogP contribution in [0.2, 0.25) is 10.0 Å². The van der Waals surface area contributed by atoms with Crippen molar-refractivity contribution in [2.75, 3.05) is 17.3 Å². The number of hydrogen-bond donors (Lipinski definition) is 0. The second kappa shape index (κ2) is 4.84. The highest BCUT2D eigenvalue weighted by Gasteiger charge is 2.38. The Hall–Kier alpha value is -0.770. The van der Waals surface area contributed by atoms with Crippen LogP contribution in [0.4, 0.5) is 5.69 Å². The van der Waals surface area contributed by atoms with Crippen LogP contribution in [0.5, 0.6) is 0 Å². The minimum Gasteiger partial charge on any atom is -0.303 e. The van der Waals surface area contributed by atoms with Gasteiger partial charge < -0.3 is 4.90 Å². The summed E-state index contributed by atoms with van der Waals surface area (Å²) in [5.74, 6) is -0.798. The molecule has 3 nitrogen and oxygen atoms in total. The number of fused-ring (bicyclic) bond motifs is 1. The number of carbonyl (C=O) groups excluding carboxylic acids is 2. The summed E-state index contributed by atoms with van der Waals surface area (Å²) < 4.78 is 0. The summed E-state index contributed by atoms with van der Waals surface area (Å²) >= 11 is 17.5. The van der Waals surface area contributed by atoms with Crippen LogP contribution in [-0.4, -0.2) is 24.1 Å². The molecule has 0 unspecified atom stereocenters. The Labute approximate surface area is 113 Å². The number of carbonyl (C=O) groups is 2. The van der Waals surface area contributed by atoms with Crippen molar-refractivity contribution >= 4 is 52.2 Å². The minimum atomic E-state index is -0.609. The first-order valence-electron chi connectivity index (χ1n) is 4.98. The summed E-state index contributed by atoms with van der Waals surface area (Å²) in [6, 6.07) is 3.08. The summed E-state index contributed by atoms with van der Waals surface area (Å²) in [7, 11) is 0. The van der Waals surface area contributed by atoms with Crippen molar-refractivity contribution in [2.45, 2.75) is 6.42 Å². The molecule has 1 aromatic rings. The van der Waals surface area contributed by atoms with Crippen molar-refractivity contribution in [1.29, 1.82) is 0 Å². The zero-order valence-corrected chi connectivity index (χ0v) is 10.9. The first kappa shape index (κ1) is 12.7.